The van der Waals surface area contributed by atoms with E-state index in [1.54, 1.807) is 6.07 Å². The van der Waals surface area contributed by atoms with Crippen molar-refractivity contribution in [3.63, 3.8) is 0 Å². The largest absolute Gasteiger partial charge is 0.416 e. The molecule has 7 nitrogen and oxygen atoms in total. The maximum atomic E-state index is 13.0. The van der Waals surface area contributed by atoms with Gasteiger partial charge in [0.15, 0.2) is 0 Å². The summed E-state index contributed by atoms with van der Waals surface area (Å²) in [4.78, 5) is 9.04. The highest BCUT2D eigenvalue weighted by molar-refractivity contribution is 5.65. The lowest BCUT2D eigenvalue weighted by Gasteiger charge is -2.47. The molecule has 33 heavy (non-hydrogen) atoms. The molecule has 0 bridgehead atoms. The van der Waals surface area contributed by atoms with Gasteiger partial charge in [0.25, 0.3) is 0 Å². The van der Waals surface area contributed by atoms with Gasteiger partial charge in [-0.3, -0.25) is 4.90 Å². The third-order valence-electron chi connectivity index (χ3n) is 6.04. The molecule has 3 heterocycles. The highest BCUT2D eigenvalue weighted by Gasteiger charge is 2.33. The first-order valence-electron chi connectivity index (χ1n) is 10.9. The number of nitrogens with zero attached hydrogens (tertiary/aromatic N) is 5. The molecule has 2 aromatic carbocycles. The quantitative estimate of drug-likeness (QED) is 0.627. The molecule has 174 valence electrons. The fourth-order valence-electron chi connectivity index (χ4n) is 4.26. The third kappa shape index (κ3) is 4.81. The molecular formula is C23H25F3N6O. The maximum absolute atomic E-state index is 13.0. The van der Waals surface area contributed by atoms with Gasteiger partial charge >= 0.3 is 6.18 Å². The normalized spacial score (nSPS) is 17.8. The van der Waals surface area contributed by atoms with Crippen LogP contribution in [-0.4, -0.2) is 65.1 Å². The number of alkyl halides is 3. The molecule has 3 aromatic rings. The van der Waals surface area contributed by atoms with Crippen LogP contribution in [0.4, 0.5) is 30.5 Å². The molecule has 10 heteroatoms. The Morgan fingerprint density at radius 1 is 1.03 bits per heavy atom. The SMILES string of the molecule is Cc1cc(Nc2ncn(-c3cccc(C(F)(F)F)c3)n2)cc(N2CC(N3CCOCC3)C2)c1. The molecule has 1 N–H and O–H groups in total. The van der Waals surface area contributed by atoms with Crippen LogP contribution in [0, 0.1) is 6.92 Å². The Kier molecular flexibility index (Phi) is 5.71. The standard InChI is InChI=1S/C23H25F3N6O/c1-16-9-18(12-20(10-16)31-13-21(14-31)30-5-7-33-8-6-30)28-22-27-15-32(29-22)19-4-2-3-17(11-19)23(24,25)26/h2-4,9-12,15,21H,5-8,13-14H2,1H3,(H,28,29). The minimum absolute atomic E-state index is 0.296. The Bertz CT molecular complexity index is 1120. The number of halogens is 3. The van der Waals surface area contributed by atoms with E-state index in [0.29, 0.717) is 17.7 Å². The van der Waals surface area contributed by atoms with E-state index in [1.807, 2.05) is 19.1 Å². The maximum Gasteiger partial charge on any atom is 0.416 e. The summed E-state index contributed by atoms with van der Waals surface area (Å²) in [6.45, 7) is 7.56. The molecule has 0 saturated carbocycles. The third-order valence-corrected chi connectivity index (χ3v) is 6.04. The lowest BCUT2D eigenvalue weighted by atomic mass is 10.0. The Morgan fingerprint density at radius 2 is 1.82 bits per heavy atom. The number of ether oxygens (including phenoxy) is 1. The first kappa shape index (κ1) is 21.7. The van der Waals surface area contributed by atoms with E-state index in [9.17, 15) is 13.2 Å². The summed E-state index contributed by atoms with van der Waals surface area (Å²) in [5, 5.41) is 7.48. The summed E-state index contributed by atoms with van der Waals surface area (Å²) in [5.41, 5.74) is 2.63. The summed E-state index contributed by atoms with van der Waals surface area (Å²) in [6, 6.07) is 11.8. The Morgan fingerprint density at radius 3 is 2.58 bits per heavy atom. The lowest BCUT2D eigenvalue weighted by Crippen LogP contribution is -2.61. The van der Waals surface area contributed by atoms with Crippen LogP contribution in [0.15, 0.2) is 48.8 Å². The van der Waals surface area contributed by atoms with E-state index in [2.05, 4.69) is 31.3 Å². The predicted molar refractivity (Wildman–Crippen MR) is 119 cm³/mol. The van der Waals surface area contributed by atoms with E-state index >= 15 is 0 Å². The molecule has 0 spiro atoms. The predicted octanol–water partition coefficient (Wildman–Crippen LogP) is 3.86. The zero-order valence-electron chi connectivity index (χ0n) is 18.2. The number of morpholine rings is 1. The van der Waals surface area contributed by atoms with Gasteiger partial charge in [0.05, 0.1) is 24.5 Å². The van der Waals surface area contributed by atoms with Crippen LogP contribution in [0.1, 0.15) is 11.1 Å². The van der Waals surface area contributed by atoms with Crippen molar-refractivity contribution in [2.45, 2.75) is 19.1 Å². The smallest absolute Gasteiger partial charge is 0.379 e. The van der Waals surface area contributed by atoms with E-state index in [1.165, 1.54) is 17.1 Å². The van der Waals surface area contributed by atoms with Crippen molar-refractivity contribution < 1.29 is 17.9 Å². The Hall–Kier alpha value is -3.11. The molecule has 2 aliphatic heterocycles. The van der Waals surface area contributed by atoms with Crippen LogP contribution in [-0.2, 0) is 10.9 Å². The van der Waals surface area contributed by atoms with Gasteiger partial charge in [-0.05, 0) is 48.9 Å². The number of anilines is 3. The van der Waals surface area contributed by atoms with E-state index < -0.39 is 11.7 Å². The Labute approximate surface area is 189 Å². The van der Waals surface area contributed by atoms with Crippen LogP contribution in [0.3, 0.4) is 0 Å². The molecule has 0 unspecified atom stereocenters. The van der Waals surface area contributed by atoms with Crippen molar-refractivity contribution >= 4 is 17.3 Å². The molecular weight excluding hydrogens is 433 g/mol. The van der Waals surface area contributed by atoms with Gasteiger partial charge in [0, 0.05) is 43.6 Å². The molecule has 0 amide bonds. The summed E-state index contributed by atoms with van der Waals surface area (Å²) in [5.74, 6) is 0.318. The molecule has 2 fully saturated rings. The second-order valence-electron chi connectivity index (χ2n) is 8.45. The minimum atomic E-state index is -4.41. The molecule has 0 aliphatic carbocycles. The number of rotatable bonds is 5. The minimum Gasteiger partial charge on any atom is -0.379 e. The zero-order chi connectivity index (χ0) is 23.0. The van der Waals surface area contributed by atoms with E-state index in [0.717, 1.165) is 68.5 Å². The average Bonchev–Trinajstić information content (AvgIpc) is 3.21. The highest BCUT2D eigenvalue weighted by atomic mass is 19.4. The monoisotopic (exact) mass is 458 g/mol. The lowest BCUT2D eigenvalue weighted by molar-refractivity contribution is -0.137. The number of nitrogens with one attached hydrogen (secondary N) is 1. The second kappa shape index (κ2) is 8.68. The number of hydrogen-bond donors (Lipinski definition) is 1. The van der Waals surface area contributed by atoms with Gasteiger partial charge in [-0.15, -0.1) is 5.10 Å². The van der Waals surface area contributed by atoms with E-state index in [4.69, 9.17) is 4.74 Å². The fourth-order valence-corrected chi connectivity index (χ4v) is 4.26. The van der Waals surface area contributed by atoms with Crippen LogP contribution >= 0.6 is 0 Å². The molecule has 5 rings (SSSR count). The van der Waals surface area contributed by atoms with Crippen molar-refractivity contribution in [2.24, 2.45) is 0 Å². The highest BCUT2D eigenvalue weighted by Crippen LogP contribution is 2.31. The molecule has 1 aromatic heterocycles. The van der Waals surface area contributed by atoms with Crippen LogP contribution in [0.25, 0.3) is 5.69 Å². The van der Waals surface area contributed by atoms with Crippen LogP contribution in [0.2, 0.25) is 0 Å². The molecule has 2 saturated heterocycles. The van der Waals surface area contributed by atoms with Crippen molar-refractivity contribution in [3.05, 3.63) is 59.9 Å². The van der Waals surface area contributed by atoms with E-state index in [-0.39, 0.29) is 0 Å². The summed E-state index contributed by atoms with van der Waals surface area (Å²) in [7, 11) is 0. The first-order chi connectivity index (χ1) is 15.8. The summed E-state index contributed by atoms with van der Waals surface area (Å²) >= 11 is 0. The Balaban J connectivity index is 1.27. The van der Waals surface area contributed by atoms with Crippen molar-refractivity contribution in [3.8, 4) is 5.69 Å². The number of benzene rings is 2. The van der Waals surface area contributed by atoms with Crippen LogP contribution in [0.5, 0.6) is 0 Å². The molecule has 2 aliphatic rings. The van der Waals surface area contributed by atoms with Crippen LogP contribution < -0.4 is 10.2 Å². The fraction of sp³-hybridized carbons (Fsp3) is 0.391. The van der Waals surface area contributed by atoms with Gasteiger partial charge in [-0.25, -0.2) is 4.68 Å². The average molecular weight is 458 g/mol. The van der Waals surface area contributed by atoms with Gasteiger partial charge in [-0.1, -0.05) is 6.07 Å². The first-order valence-corrected chi connectivity index (χ1v) is 10.9. The topological polar surface area (TPSA) is 58.5 Å². The van der Waals surface area contributed by atoms with Crippen molar-refractivity contribution in [1.29, 1.82) is 0 Å². The van der Waals surface area contributed by atoms with Gasteiger partial charge in [0.1, 0.15) is 6.33 Å². The van der Waals surface area contributed by atoms with Gasteiger partial charge < -0.3 is 15.0 Å². The van der Waals surface area contributed by atoms with Crippen molar-refractivity contribution in [1.82, 2.24) is 19.7 Å². The number of hydrogen-bond acceptors (Lipinski definition) is 6. The number of aromatic nitrogens is 3. The summed E-state index contributed by atoms with van der Waals surface area (Å²) < 4.78 is 45.8. The summed E-state index contributed by atoms with van der Waals surface area (Å²) in [6.07, 6.45) is -3.01. The van der Waals surface area contributed by atoms with Gasteiger partial charge in [-0.2, -0.15) is 18.2 Å². The van der Waals surface area contributed by atoms with Gasteiger partial charge in [0.2, 0.25) is 5.95 Å². The molecule has 0 radical (unpaired) electrons. The molecule has 0 atom stereocenters. The van der Waals surface area contributed by atoms with Crippen molar-refractivity contribution in [2.75, 3.05) is 49.6 Å². The second-order valence-corrected chi connectivity index (χ2v) is 8.45. The zero-order valence-corrected chi connectivity index (χ0v) is 18.2. The number of aryl methyl sites for hydroxylation is 1.